The average molecular weight is 256 g/mol. The summed E-state index contributed by atoms with van der Waals surface area (Å²) in [6.45, 7) is 5.87. The minimum Gasteiger partial charge on any atom is -0.480 e. The SMILES string of the molecule is CCCC1CC1NC(=O)N[C@H](C(=O)O)[C@@H](C)CC. The van der Waals surface area contributed by atoms with Crippen LogP contribution in [0.5, 0.6) is 0 Å². The molecule has 0 aromatic carbocycles. The van der Waals surface area contributed by atoms with Crippen molar-refractivity contribution in [3.8, 4) is 0 Å². The Bertz CT molecular complexity index is 307. The van der Waals surface area contributed by atoms with Gasteiger partial charge in [0.25, 0.3) is 0 Å². The van der Waals surface area contributed by atoms with Crippen molar-refractivity contribution in [3.05, 3.63) is 0 Å². The Hall–Kier alpha value is -1.26. The van der Waals surface area contributed by atoms with Gasteiger partial charge in [-0.15, -0.1) is 0 Å². The average Bonchev–Trinajstić information content (AvgIpc) is 3.03. The minimum atomic E-state index is -0.972. The number of hydrogen-bond donors (Lipinski definition) is 3. The van der Waals surface area contributed by atoms with Crippen molar-refractivity contribution in [1.29, 1.82) is 0 Å². The molecule has 0 saturated heterocycles. The molecule has 0 aliphatic heterocycles. The Morgan fingerprint density at radius 3 is 2.56 bits per heavy atom. The monoisotopic (exact) mass is 256 g/mol. The summed E-state index contributed by atoms with van der Waals surface area (Å²) in [6, 6.07) is -0.930. The van der Waals surface area contributed by atoms with Crippen LogP contribution in [0.15, 0.2) is 0 Å². The summed E-state index contributed by atoms with van der Waals surface area (Å²) in [6.07, 6.45) is 3.98. The number of nitrogens with one attached hydrogen (secondary N) is 2. The van der Waals surface area contributed by atoms with Crippen molar-refractivity contribution >= 4 is 12.0 Å². The molecular formula is C13H24N2O3. The van der Waals surface area contributed by atoms with Gasteiger partial charge in [0.05, 0.1) is 0 Å². The predicted octanol–water partition coefficient (Wildman–Crippen LogP) is 1.97. The quantitative estimate of drug-likeness (QED) is 0.651. The van der Waals surface area contributed by atoms with E-state index in [2.05, 4.69) is 17.6 Å². The molecule has 0 heterocycles. The topological polar surface area (TPSA) is 78.4 Å². The van der Waals surface area contributed by atoms with E-state index >= 15 is 0 Å². The molecule has 0 radical (unpaired) electrons. The van der Waals surface area contributed by atoms with Crippen molar-refractivity contribution in [2.24, 2.45) is 11.8 Å². The first kappa shape index (κ1) is 14.8. The summed E-state index contributed by atoms with van der Waals surface area (Å²) < 4.78 is 0. The van der Waals surface area contributed by atoms with Gasteiger partial charge < -0.3 is 15.7 Å². The zero-order chi connectivity index (χ0) is 13.7. The number of carbonyl (C=O) groups excluding carboxylic acids is 1. The lowest BCUT2D eigenvalue weighted by atomic mass is 9.99. The van der Waals surface area contributed by atoms with Gasteiger partial charge in [0.2, 0.25) is 0 Å². The molecule has 1 rings (SSSR count). The molecule has 0 aromatic rings. The maximum atomic E-state index is 11.7. The van der Waals surface area contributed by atoms with Crippen LogP contribution < -0.4 is 10.6 Å². The Morgan fingerprint density at radius 2 is 2.06 bits per heavy atom. The maximum Gasteiger partial charge on any atom is 0.326 e. The Morgan fingerprint density at radius 1 is 1.39 bits per heavy atom. The van der Waals surface area contributed by atoms with Crippen molar-refractivity contribution < 1.29 is 14.7 Å². The summed E-state index contributed by atoms with van der Waals surface area (Å²) in [7, 11) is 0. The lowest BCUT2D eigenvalue weighted by Gasteiger charge is -2.20. The first-order valence-corrected chi connectivity index (χ1v) is 6.79. The highest BCUT2D eigenvalue weighted by atomic mass is 16.4. The second kappa shape index (κ2) is 6.61. The molecule has 2 unspecified atom stereocenters. The Balaban J connectivity index is 2.36. The highest BCUT2D eigenvalue weighted by molar-refractivity contribution is 5.83. The van der Waals surface area contributed by atoms with Gasteiger partial charge in [-0.05, 0) is 24.7 Å². The van der Waals surface area contributed by atoms with Crippen LogP contribution >= 0.6 is 0 Å². The van der Waals surface area contributed by atoms with Crippen LogP contribution in [0.1, 0.15) is 46.5 Å². The first-order valence-electron chi connectivity index (χ1n) is 6.79. The van der Waals surface area contributed by atoms with Gasteiger partial charge in [-0.2, -0.15) is 0 Å². The Kier molecular flexibility index (Phi) is 5.44. The molecule has 0 spiro atoms. The number of hydrogen-bond acceptors (Lipinski definition) is 2. The molecule has 1 aliphatic carbocycles. The molecule has 1 fully saturated rings. The van der Waals surface area contributed by atoms with Crippen molar-refractivity contribution in [3.63, 3.8) is 0 Å². The number of amides is 2. The van der Waals surface area contributed by atoms with Crippen LogP contribution in [0.25, 0.3) is 0 Å². The molecule has 1 aliphatic rings. The van der Waals surface area contributed by atoms with Crippen LogP contribution in [0.4, 0.5) is 4.79 Å². The second-order valence-electron chi connectivity index (χ2n) is 5.21. The van der Waals surface area contributed by atoms with Gasteiger partial charge in [0, 0.05) is 6.04 Å². The van der Waals surface area contributed by atoms with Crippen LogP contribution in [0.2, 0.25) is 0 Å². The molecule has 4 atom stereocenters. The van der Waals surface area contributed by atoms with E-state index in [1.54, 1.807) is 0 Å². The van der Waals surface area contributed by atoms with E-state index in [0.29, 0.717) is 5.92 Å². The zero-order valence-electron chi connectivity index (χ0n) is 11.4. The molecule has 104 valence electrons. The third-order valence-electron chi connectivity index (χ3n) is 3.66. The maximum absolute atomic E-state index is 11.7. The van der Waals surface area contributed by atoms with Crippen LogP contribution in [0, 0.1) is 11.8 Å². The predicted molar refractivity (Wildman–Crippen MR) is 69.3 cm³/mol. The minimum absolute atomic E-state index is 0.0705. The number of carbonyl (C=O) groups is 2. The molecule has 18 heavy (non-hydrogen) atoms. The van der Waals surface area contributed by atoms with Crippen molar-refractivity contribution in [2.75, 3.05) is 0 Å². The van der Waals surface area contributed by atoms with E-state index in [-0.39, 0.29) is 18.0 Å². The fraction of sp³-hybridized carbons (Fsp3) is 0.846. The number of rotatable bonds is 7. The number of carboxylic acids is 1. The van der Waals surface area contributed by atoms with Gasteiger partial charge in [-0.3, -0.25) is 0 Å². The van der Waals surface area contributed by atoms with E-state index in [0.717, 1.165) is 25.7 Å². The third-order valence-corrected chi connectivity index (χ3v) is 3.66. The lowest BCUT2D eigenvalue weighted by Crippen LogP contribution is -2.49. The van der Waals surface area contributed by atoms with Gasteiger partial charge in [0.1, 0.15) is 6.04 Å². The largest absolute Gasteiger partial charge is 0.480 e. The molecule has 3 N–H and O–H groups in total. The zero-order valence-corrected chi connectivity index (χ0v) is 11.4. The second-order valence-corrected chi connectivity index (χ2v) is 5.21. The number of carboxylic acid groups (broad SMARTS) is 1. The standard InChI is InChI=1S/C13H24N2O3/c1-4-6-9-7-10(9)14-13(18)15-11(12(16)17)8(3)5-2/h8-11H,4-7H2,1-3H3,(H,16,17)(H2,14,15,18)/t8-,9?,10?,11-/m0/s1. The summed E-state index contributed by atoms with van der Waals surface area (Å²) in [5.41, 5.74) is 0. The summed E-state index contributed by atoms with van der Waals surface area (Å²) in [5, 5.41) is 14.5. The number of aliphatic carboxylic acids is 1. The highest BCUT2D eigenvalue weighted by Crippen LogP contribution is 2.34. The van der Waals surface area contributed by atoms with Crippen LogP contribution in [-0.4, -0.2) is 29.2 Å². The summed E-state index contributed by atoms with van der Waals surface area (Å²) >= 11 is 0. The molecule has 5 heteroatoms. The first-order chi connectivity index (χ1) is 8.49. The van der Waals surface area contributed by atoms with Gasteiger partial charge in [-0.1, -0.05) is 33.6 Å². The van der Waals surface area contributed by atoms with E-state index in [1.165, 1.54) is 0 Å². The van der Waals surface area contributed by atoms with E-state index < -0.39 is 12.0 Å². The highest BCUT2D eigenvalue weighted by Gasteiger charge is 2.37. The third kappa shape index (κ3) is 4.20. The normalized spacial score (nSPS) is 25.1. The van der Waals surface area contributed by atoms with Crippen molar-refractivity contribution in [1.82, 2.24) is 10.6 Å². The van der Waals surface area contributed by atoms with Crippen molar-refractivity contribution in [2.45, 2.75) is 58.5 Å². The Labute approximate surface area is 108 Å². The molecule has 0 aromatic heterocycles. The van der Waals surface area contributed by atoms with Crippen LogP contribution in [0.3, 0.4) is 0 Å². The fourth-order valence-electron chi connectivity index (χ4n) is 2.15. The molecule has 0 bridgehead atoms. The van der Waals surface area contributed by atoms with Gasteiger partial charge in [0.15, 0.2) is 0 Å². The molecule has 5 nitrogen and oxygen atoms in total. The van der Waals surface area contributed by atoms with E-state index in [1.807, 2.05) is 13.8 Å². The summed E-state index contributed by atoms with van der Waals surface area (Å²) in [5.74, 6) is -0.466. The van der Waals surface area contributed by atoms with Gasteiger partial charge >= 0.3 is 12.0 Å². The van der Waals surface area contributed by atoms with Gasteiger partial charge in [-0.25, -0.2) is 9.59 Å². The van der Waals surface area contributed by atoms with Crippen LogP contribution in [-0.2, 0) is 4.79 Å². The van der Waals surface area contributed by atoms with E-state index in [9.17, 15) is 9.59 Å². The summed E-state index contributed by atoms with van der Waals surface area (Å²) in [4.78, 5) is 22.8. The van der Waals surface area contributed by atoms with E-state index in [4.69, 9.17) is 5.11 Å². The fourth-order valence-corrected chi connectivity index (χ4v) is 2.15. The molecular weight excluding hydrogens is 232 g/mol. The molecule has 1 saturated carbocycles. The smallest absolute Gasteiger partial charge is 0.326 e. The lowest BCUT2D eigenvalue weighted by molar-refractivity contribution is -0.140. The molecule has 2 amide bonds. The number of urea groups is 1.